The molecule has 4 aromatic rings. The zero-order valence-corrected chi connectivity index (χ0v) is 14.6. The van der Waals surface area contributed by atoms with Gasteiger partial charge in [0, 0.05) is 29.7 Å². The average molecular weight is 385 g/mol. The Morgan fingerprint density at radius 1 is 0.963 bits per heavy atom. The van der Waals surface area contributed by atoms with E-state index in [2.05, 4.69) is 9.71 Å². The number of pyridine rings is 1. The van der Waals surface area contributed by atoms with E-state index in [4.69, 9.17) is 0 Å². The molecule has 0 aliphatic heterocycles. The first kappa shape index (κ1) is 17.2. The van der Waals surface area contributed by atoms with Gasteiger partial charge in [0.2, 0.25) is 0 Å². The molecule has 0 radical (unpaired) electrons. The van der Waals surface area contributed by atoms with Crippen LogP contribution in [0.2, 0.25) is 0 Å². The summed E-state index contributed by atoms with van der Waals surface area (Å²) in [7, 11) is -4.20. The number of fused-ring (bicyclic) bond motifs is 1. The van der Waals surface area contributed by atoms with E-state index in [0.29, 0.717) is 17.3 Å². The second-order valence-electron chi connectivity index (χ2n) is 5.85. The van der Waals surface area contributed by atoms with Crippen LogP contribution >= 0.6 is 0 Å². The van der Waals surface area contributed by atoms with Crippen molar-refractivity contribution in [3.63, 3.8) is 0 Å². The molecule has 0 atom stereocenters. The Kier molecular flexibility index (Phi) is 4.12. The maximum atomic E-state index is 13.8. The fourth-order valence-electron chi connectivity index (χ4n) is 2.72. The second-order valence-corrected chi connectivity index (χ2v) is 7.50. The molecule has 136 valence electrons. The van der Waals surface area contributed by atoms with Gasteiger partial charge in [0.25, 0.3) is 10.0 Å². The van der Waals surface area contributed by atoms with Crippen molar-refractivity contribution in [1.82, 2.24) is 9.38 Å². The molecule has 0 saturated carbocycles. The van der Waals surface area contributed by atoms with Crippen molar-refractivity contribution in [2.24, 2.45) is 0 Å². The monoisotopic (exact) mass is 385 g/mol. The fraction of sp³-hybridized carbons (Fsp3) is 0. The zero-order chi connectivity index (χ0) is 19.0. The molecule has 27 heavy (non-hydrogen) atoms. The number of hydrogen-bond donors (Lipinski definition) is 1. The van der Waals surface area contributed by atoms with Crippen LogP contribution in [0.1, 0.15) is 0 Å². The summed E-state index contributed by atoms with van der Waals surface area (Å²) in [6.07, 6.45) is 3.68. The summed E-state index contributed by atoms with van der Waals surface area (Å²) in [5, 5.41) is 0. The number of halogens is 2. The lowest BCUT2D eigenvalue weighted by Crippen LogP contribution is -2.14. The van der Waals surface area contributed by atoms with E-state index in [1.165, 1.54) is 6.07 Å². The zero-order valence-electron chi connectivity index (χ0n) is 13.8. The second kappa shape index (κ2) is 6.48. The summed E-state index contributed by atoms with van der Waals surface area (Å²) in [6.45, 7) is 0. The first-order valence-electron chi connectivity index (χ1n) is 7.94. The third-order valence-electron chi connectivity index (χ3n) is 3.96. The van der Waals surface area contributed by atoms with E-state index < -0.39 is 26.6 Å². The quantitative estimate of drug-likeness (QED) is 0.576. The molecule has 4 rings (SSSR count). The molecule has 2 aromatic carbocycles. The molecule has 0 aliphatic carbocycles. The van der Waals surface area contributed by atoms with Crippen molar-refractivity contribution >= 4 is 21.4 Å². The summed E-state index contributed by atoms with van der Waals surface area (Å²) in [5.74, 6) is -2.00. The molecule has 0 fully saturated rings. The minimum Gasteiger partial charge on any atom is -0.306 e. The van der Waals surface area contributed by atoms with Gasteiger partial charge in [0.15, 0.2) is 0 Å². The van der Waals surface area contributed by atoms with E-state index in [9.17, 15) is 17.2 Å². The summed E-state index contributed by atoms with van der Waals surface area (Å²) < 4.78 is 55.9. The van der Waals surface area contributed by atoms with E-state index in [-0.39, 0.29) is 5.69 Å². The number of imidazole rings is 1. The number of rotatable bonds is 4. The van der Waals surface area contributed by atoms with E-state index in [0.717, 1.165) is 17.8 Å². The Morgan fingerprint density at radius 3 is 2.59 bits per heavy atom. The van der Waals surface area contributed by atoms with Crippen molar-refractivity contribution < 1.29 is 17.2 Å². The van der Waals surface area contributed by atoms with Crippen LogP contribution in [0.25, 0.3) is 16.9 Å². The lowest BCUT2D eigenvalue weighted by atomic mass is 10.1. The molecule has 0 bridgehead atoms. The summed E-state index contributed by atoms with van der Waals surface area (Å²) >= 11 is 0. The fourth-order valence-corrected chi connectivity index (χ4v) is 3.83. The highest BCUT2D eigenvalue weighted by molar-refractivity contribution is 7.92. The van der Waals surface area contributed by atoms with Gasteiger partial charge in [0.05, 0.1) is 5.69 Å². The third kappa shape index (κ3) is 3.39. The van der Waals surface area contributed by atoms with Gasteiger partial charge in [-0.15, -0.1) is 0 Å². The molecule has 0 spiro atoms. The van der Waals surface area contributed by atoms with Crippen molar-refractivity contribution in [3.8, 4) is 11.3 Å². The van der Waals surface area contributed by atoms with Crippen molar-refractivity contribution in [2.75, 3.05) is 4.72 Å². The smallest absolute Gasteiger partial charge is 0.264 e. The minimum absolute atomic E-state index is 0.244. The maximum absolute atomic E-state index is 13.8. The largest absolute Gasteiger partial charge is 0.306 e. The number of hydrogen-bond acceptors (Lipinski definition) is 3. The van der Waals surface area contributed by atoms with Gasteiger partial charge in [-0.3, -0.25) is 4.72 Å². The van der Waals surface area contributed by atoms with Gasteiger partial charge in [-0.2, -0.15) is 0 Å². The summed E-state index contributed by atoms with van der Waals surface area (Å²) in [5.41, 5.74) is 2.36. The van der Waals surface area contributed by atoms with Crippen molar-refractivity contribution in [1.29, 1.82) is 0 Å². The van der Waals surface area contributed by atoms with Crippen LogP contribution in [0.4, 0.5) is 14.5 Å². The van der Waals surface area contributed by atoms with Crippen LogP contribution in [0, 0.1) is 11.6 Å². The number of nitrogens with zero attached hydrogens (tertiary/aromatic N) is 2. The molecule has 0 amide bonds. The Hall–Kier alpha value is -3.26. The molecule has 0 unspecified atom stereocenters. The highest BCUT2D eigenvalue weighted by Gasteiger charge is 2.20. The first-order chi connectivity index (χ1) is 12.9. The lowest BCUT2D eigenvalue weighted by Gasteiger charge is -2.10. The Morgan fingerprint density at radius 2 is 1.81 bits per heavy atom. The normalized spacial score (nSPS) is 11.6. The molecular weight excluding hydrogens is 372 g/mol. The Balaban J connectivity index is 1.68. The van der Waals surface area contributed by atoms with Gasteiger partial charge in [-0.25, -0.2) is 22.2 Å². The lowest BCUT2D eigenvalue weighted by molar-refractivity contribution is 0.551. The topological polar surface area (TPSA) is 63.5 Å². The van der Waals surface area contributed by atoms with Crippen LogP contribution in [-0.2, 0) is 10.0 Å². The van der Waals surface area contributed by atoms with Crippen molar-refractivity contribution in [3.05, 3.63) is 84.7 Å². The number of nitrogens with one attached hydrogen (secondary N) is 1. The van der Waals surface area contributed by atoms with Crippen LogP contribution in [0.15, 0.2) is 78.0 Å². The molecular formula is C19H13F2N3O2S. The van der Waals surface area contributed by atoms with E-state index in [1.54, 1.807) is 18.2 Å². The van der Waals surface area contributed by atoms with Crippen LogP contribution in [0.5, 0.6) is 0 Å². The molecule has 2 heterocycles. The van der Waals surface area contributed by atoms with Crippen LogP contribution < -0.4 is 4.72 Å². The van der Waals surface area contributed by atoms with E-state index >= 15 is 0 Å². The Labute approximate surface area is 154 Å². The standard InChI is InChI=1S/C19H13F2N3O2S/c20-14-7-8-18(16(21)11-14)27(25,26)23-15-5-3-4-13(10-15)17-12-24-9-2-1-6-19(24)22-17/h1-12,23H. The SMILES string of the molecule is O=S(=O)(Nc1cccc(-c2cn3ccccc3n2)c1)c1ccc(F)cc1F. The van der Waals surface area contributed by atoms with Gasteiger partial charge >= 0.3 is 0 Å². The number of sulfonamides is 1. The molecule has 8 heteroatoms. The van der Waals surface area contributed by atoms with Gasteiger partial charge in [-0.1, -0.05) is 18.2 Å². The highest BCUT2D eigenvalue weighted by Crippen LogP contribution is 2.25. The number of anilines is 1. The van der Waals surface area contributed by atoms with Gasteiger partial charge in [-0.05, 0) is 36.4 Å². The summed E-state index contributed by atoms with van der Waals surface area (Å²) in [6, 6.07) is 14.5. The van der Waals surface area contributed by atoms with E-state index in [1.807, 2.05) is 35.0 Å². The predicted molar refractivity (Wildman–Crippen MR) is 97.8 cm³/mol. The molecule has 5 nitrogen and oxygen atoms in total. The first-order valence-corrected chi connectivity index (χ1v) is 9.43. The molecule has 0 aliphatic rings. The molecule has 2 aromatic heterocycles. The average Bonchev–Trinajstić information content (AvgIpc) is 3.05. The highest BCUT2D eigenvalue weighted by atomic mass is 32.2. The third-order valence-corrected chi connectivity index (χ3v) is 5.37. The molecule has 1 N–H and O–H groups in total. The minimum atomic E-state index is -4.20. The van der Waals surface area contributed by atoms with Crippen molar-refractivity contribution in [2.45, 2.75) is 4.90 Å². The molecule has 0 saturated heterocycles. The number of aromatic nitrogens is 2. The maximum Gasteiger partial charge on any atom is 0.264 e. The number of benzene rings is 2. The van der Waals surface area contributed by atoms with Crippen LogP contribution in [-0.4, -0.2) is 17.8 Å². The van der Waals surface area contributed by atoms with Gasteiger partial charge < -0.3 is 4.40 Å². The Bertz CT molecular complexity index is 1220. The summed E-state index contributed by atoms with van der Waals surface area (Å²) in [4.78, 5) is 3.86. The predicted octanol–water partition coefficient (Wildman–Crippen LogP) is 4.08. The van der Waals surface area contributed by atoms with Gasteiger partial charge in [0.1, 0.15) is 22.2 Å². The van der Waals surface area contributed by atoms with Crippen LogP contribution in [0.3, 0.4) is 0 Å².